The van der Waals surface area contributed by atoms with Crippen LogP contribution in [0, 0.1) is 11.6 Å². The van der Waals surface area contributed by atoms with Crippen LogP contribution in [-0.2, 0) is 17.4 Å². The molecule has 3 N–H and O–H groups in total. The molecule has 0 saturated heterocycles. The van der Waals surface area contributed by atoms with Crippen molar-refractivity contribution < 1.29 is 28.8 Å². The Morgan fingerprint density at radius 1 is 0.551 bits per heavy atom. The van der Waals surface area contributed by atoms with Crippen LogP contribution >= 0.6 is 0 Å². The summed E-state index contributed by atoms with van der Waals surface area (Å²) in [6.45, 7) is 0.501. The first-order chi connectivity index (χ1) is 23.8. The average Bonchev–Trinajstić information content (AvgIpc) is 3.13. The van der Waals surface area contributed by atoms with Crippen molar-refractivity contribution in [3.8, 4) is 11.5 Å². The predicted octanol–water partition coefficient (Wildman–Crippen LogP) is 9.38. The van der Waals surface area contributed by atoms with Gasteiger partial charge in [0.15, 0.2) is 0 Å². The lowest BCUT2D eigenvalue weighted by Crippen LogP contribution is -2.44. The Morgan fingerprint density at radius 2 is 1.00 bits per heavy atom. The van der Waals surface area contributed by atoms with E-state index in [4.69, 9.17) is 4.74 Å². The van der Waals surface area contributed by atoms with Crippen molar-refractivity contribution in [1.82, 2.24) is 0 Å². The van der Waals surface area contributed by atoms with Gasteiger partial charge >= 0.3 is 0 Å². The lowest BCUT2D eigenvalue weighted by Gasteiger charge is -2.42. The van der Waals surface area contributed by atoms with E-state index in [0.29, 0.717) is 37.0 Å². The fraction of sp³-hybridized carbons (Fsp3) is 0.302. The molecule has 0 amide bonds. The summed E-state index contributed by atoms with van der Waals surface area (Å²) in [6.07, 6.45) is 5.41. The highest BCUT2D eigenvalue weighted by atomic mass is 19.1. The van der Waals surface area contributed by atoms with E-state index < -0.39 is 23.0 Å². The predicted molar refractivity (Wildman–Crippen MR) is 189 cm³/mol. The van der Waals surface area contributed by atoms with Crippen LogP contribution in [0.25, 0.3) is 0 Å². The van der Waals surface area contributed by atoms with E-state index in [9.17, 15) is 24.1 Å². The molecule has 2 aliphatic rings. The zero-order valence-electron chi connectivity index (χ0n) is 27.6. The number of aromatic hydroxyl groups is 1. The van der Waals surface area contributed by atoms with Gasteiger partial charge < -0.3 is 20.1 Å². The van der Waals surface area contributed by atoms with Crippen molar-refractivity contribution in [2.75, 3.05) is 0 Å². The molecule has 0 aliphatic heterocycles. The first-order valence-electron chi connectivity index (χ1n) is 17.3. The van der Waals surface area contributed by atoms with Crippen LogP contribution in [0.2, 0.25) is 0 Å². The molecule has 5 aromatic carbocycles. The third-order valence-corrected chi connectivity index (χ3v) is 10.4. The molecule has 2 aliphatic carbocycles. The van der Waals surface area contributed by atoms with Gasteiger partial charge in [-0.1, -0.05) is 117 Å². The van der Waals surface area contributed by atoms with Gasteiger partial charge in [-0.2, -0.15) is 0 Å². The molecule has 4 unspecified atom stereocenters. The molecular weight excluding hydrogens is 618 g/mol. The second kappa shape index (κ2) is 15.4. The van der Waals surface area contributed by atoms with Crippen molar-refractivity contribution in [1.29, 1.82) is 0 Å². The number of aliphatic hydroxyl groups excluding tert-OH is 2. The molecule has 7 rings (SSSR count). The Balaban J connectivity index is 0.000000177. The minimum absolute atomic E-state index is 0.174. The molecule has 4 nitrogen and oxygen atoms in total. The Labute approximate surface area is 287 Å². The quantitative estimate of drug-likeness (QED) is 0.162. The van der Waals surface area contributed by atoms with Crippen LogP contribution in [0.1, 0.15) is 79.2 Å². The molecule has 0 radical (unpaired) electrons. The molecule has 6 heteroatoms. The van der Waals surface area contributed by atoms with Gasteiger partial charge in [-0.05, 0) is 78.8 Å². The molecule has 5 aromatic rings. The number of phenolic OH excluding ortho intramolecular Hbond substituents is 1. The highest BCUT2D eigenvalue weighted by Gasteiger charge is 2.45. The van der Waals surface area contributed by atoms with Crippen LogP contribution < -0.4 is 4.74 Å². The van der Waals surface area contributed by atoms with E-state index >= 15 is 0 Å². The van der Waals surface area contributed by atoms with Gasteiger partial charge in [-0.3, -0.25) is 0 Å². The van der Waals surface area contributed by atoms with Gasteiger partial charge in [0.25, 0.3) is 0 Å². The molecule has 0 aromatic heterocycles. The molecule has 254 valence electrons. The smallest absolute Gasteiger partial charge is 0.127 e. The SMILES string of the molecule is OC1CCCCC1(c1ccc(OCc2ccccc2)cc1)c1ccccc1F.Oc1ccc(C2(c3ccccc3F)CCCCC2O)cc1. The van der Waals surface area contributed by atoms with Crippen molar-refractivity contribution >= 4 is 0 Å². The Hall–Kier alpha value is -4.52. The number of phenols is 1. The first-order valence-corrected chi connectivity index (χ1v) is 17.3. The molecule has 0 heterocycles. The summed E-state index contributed by atoms with van der Waals surface area (Å²) in [7, 11) is 0. The van der Waals surface area contributed by atoms with Gasteiger partial charge in [-0.15, -0.1) is 0 Å². The van der Waals surface area contributed by atoms with Crippen LogP contribution in [0.15, 0.2) is 127 Å². The summed E-state index contributed by atoms with van der Waals surface area (Å²) >= 11 is 0. The second-order valence-electron chi connectivity index (χ2n) is 13.3. The van der Waals surface area contributed by atoms with Crippen LogP contribution in [-0.4, -0.2) is 27.5 Å². The maximum Gasteiger partial charge on any atom is 0.127 e. The van der Waals surface area contributed by atoms with Crippen LogP contribution in [0.3, 0.4) is 0 Å². The maximum absolute atomic E-state index is 14.7. The number of aliphatic hydroxyl groups is 2. The lowest BCUT2D eigenvalue weighted by molar-refractivity contribution is 0.0617. The monoisotopic (exact) mass is 662 g/mol. The summed E-state index contributed by atoms with van der Waals surface area (Å²) in [6, 6.07) is 38.1. The van der Waals surface area contributed by atoms with E-state index in [0.717, 1.165) is 54.5 Å². The zero-order chi connectivity index (χ0) is 34.3. The lowest BCUT2D eigenvalue weighted by atomic mass is 9.63. The number of hydrogen-bond acceptors (Lipinski definition) is 4. The zero-order valence-corrected chi connectivity index (χ0v) is 27.6. The van der Waals surface area contributed by atoms with Crippen LogP contribution in [0.5, 0.6) is 11.5 Å². The summed E-state index contributed by atoms with van der Waals surface area (Å²) in [5.74, 6) is 0.397. The number of halogens is 2. The third kappa shape index (κ3) is 7.12. The fourth-order valence-corrected chi connectivity index (χ4v) is 7.92. The highest BCUT2D eigenvalue weighted by Crippen LogP contribution is 2.47. The normalized spacial score (nSPS) is 23.6. The molecule has 2 saturated carbocycles. The van der Waals surface area contributed by atoms with Crippen molar-refractivity contribution in [3.63, 3.8) is 0 Å². The Bertz CT molecular complexity index is 1790. The minimum atomic E-state index is -0.725. The molecule has 0 bridgehead atoms. The summed E-state index contributed by atoms with van der Waals surface area (Å²) < 4.78 is 35.0. The summed E-state index contributed by atoms with van der Waals surface area (Å²) in [4.78, 5) is 0. The van der Waals surface area contributed by atoms with Gasteiger partial charge in [0.05, 0.1) is 12.2 Å². The van der Waals surface area contributed by atoms with E-state index in [1.54, 1.807) is 42.5 Å². The average molecular weight is 663 g/mol. The number of benzene rings is 5. The van der Waals surface area contributed by atoms with E-state index in [-0.39, 0.29) is 17.4 Å². The molecular formula is C43H44F2O4. The topological polar surface area (TPSA) is 69.9 Å². The number of rotatable bonds is 7. The maximum atomic E-state index is 14.7. The van der Waals surface area contributed by atoms with E-state index in [1.807, 2.05) is 72.8 Å². The molecule has 2 fully saturated rings. The van der Waals surface area contributed by atoms with Gasteiger partial charge in [0.2, 0.25) is 0 Å². The van der Waals surface area contributed by atoms with Crippen molar-refractivity contribution in [2.45, 2.75) is 81.0 Å². The number of hydrogen-bond donors (Lipinski definition) is 3. The molecule has 0 spiro atoms. The van der Waals surface area contributed by atoms with Crippen LogP contribution in [0.4, 0.5) is 8.78 Å². The second-order valence-corrected chi connectivity index (χ2v) is 13.3. The first kappa shape index (κ1) is 34.3. The van der Waals surface area contributed by atoms with Gasteiger partial charge in [-0.25, -0.2) is 8.78 Å². The van der Waals surface area contributed by atoms with Crippen molar-refractivity contribution in [3.05, 3.63) is 167 Å². The standard InChI is InChI=1S/C25H25FO2.C18H19FO2/c26-23-11-5-4-10-22(23)25(17-7-6-12-24(25)27)20-13-15-21(16-14-20)28-18-19-8-2-1-3-9-19;19-16-6-2-1-5-15(16)18(12-4-3-7-17(18)21)13-8-10-14(20)11-9-13/h1-5,8-11,13-16,24,27H,6-7,12,17-18H2;1-2,5-6,8-11,17,20-21H,3-4,7,12H2. The van der Waals surface area contributed by atoms with E-state index in [1.165, 1.54) is 12.1 Å². The van der Waals surface area contributed by atoms with Crippen molar-refractivity contribution in [2.24, 2.45) is 0 Å². The summed E-state index contributed by atoms with van der Waals surface area (Å²) in [5, 5.41) is 31.2. The highest BCUT2D eigenvalue weighted by molar-refractivity contribution is 5.45. The van der Waals surface area contributed by atoms with E-state index in [2.05, 4.69) is 0 Å². The minimum Gasteiger partial charge on any atom is -0.508 e. The largest absolute Gasteiger partial charge is 0.508 e. The fourth-order valence-electron chi connectivity index (χ4n) is 7.92. The molecule has 49 heavy (non-hydrogen) atoms. The Morgan fingerprint density at radius 3 is 1.47 bits per heavy atom. The molecule has 4 atom stereocenters. The number of ether oxygens (including phenoxy) is 1. The van der Waals surface area contributed by atoms with Gasteiger partial charge in [0.1, 0.15) is 29.7 Å². The summed E-state index contributed by atoms with van der Waals surface area (Å²) in [5.41, 5.74) is 2.60. The van der Waals surface area contributed by atoms with Gasteiger partial charge in [0, 0.05) is 22.0 Å². The third-order valence-electron chi connectivity index (χ3n) is 10.4. The Kier molecular flexibility index (Phi) is 10.8.